The average Bonchev–Trinajstić information content (AvgIpc) is 2.35. The summed E-state index contributed by atoms with van der Waals surface area (Å²) in [7, 11) is 0. The molecule has 1 aromatic carbocycles. The van der Waals surface area contributed by atoms with Crippen molar-refractivity contribution in [3.05, 3.63) is 33.9 Å². The van der Waals surface area contributed by atoms with E-state index in [0.717, 1.165) is 25.0 Å². The number of hydrogen-bond donors (Lipinski definition) is 2. The van der Waals surface area contributed by atoms with Crippen molar-refractivity contribution in [2.75, 3.05) is 0 Å². The van der Waals surface area contributed by atoms with Crippen LogP contribution in [0.5, 0.6) is 5.75 Å². The second-order valence-corrected chi connectivity index (χ2v) is 5.30. The van der Waals surface area contributed by atoms with Crippen LogP contribution in [0, 0.1) is 16.0 Å². The molecule has 0 saturated carbocycles. The van der Waals surface area contributed by atoms with Gasteiger partial charge in [0.2, 0.25) is 0 Å². The molecule has 0 saturated heterocycles. The first-order valence-corrected chi connectivity index (χ1v) is 6.59. The molecule has 0 aliphatic heterocycles. The number of hydrogen-bond acceptors (Lipinski definition) is 4. The van der Waals surface area contributed by atoms with Crippen molar-refractivity contribution in [1.82, 2.24) is 5.32 Å². The second-order valence-electron chi connectivity index (χ2n) is 5.30. The van der Waals surface area contributed by atoms with Crippen LogP contribution in [0.4, 0.5) is 5.69 Å². The van der Waals surface area contributed by atoms with Gasteiger partial charge >= 0.3 is 0 Å². The van der Waals surface area contributed by atoms with Gasteiger partial charge in [0.05, 0.1) is 4.92 Å². The maximum atomic E-state index is 12.1. The average molecular weight is 280 g/mol. The number of benzene rings is 1. The third-order valence-corrected chi connectivity index (χ3v) is 2.98. The minimum Gasteiger partial charge on any atom is -0.508 e. The van der Waals surface area contributed by atoms with Gasteiger partial charge < -0.3 is 10.4 Å². The standard InChI is InChI=1S/C14H20N2O4/c1-9(2)4-5-10(3)15-14(18)12-8-11(17)6-7-13(12)16(19)20/h6-10,17H,4-5H2,1-3H3,(H,15,18). The molecule has 110 valence electrons. The van der Waals surface area contributed by atoms with Crippen LogP contribution in [0.3, 0.4) is 0 Å². The molecule has 0 aromatic heterocycles. The van der Waals surface area contributed by atoms with Crippen LogP contribution in [0.1, 0.15) is 44.0 Å². The van der Waals surface area contributed by atoms with E-state index in [9.17, 15) is 20.0 Å². The van der Waals surface area contributed by atoms with Crippen molar-refractivity contribution in [2.24, 2.45) is 5.92 Å². The van der Waals surface area contributed by atoms with E-state index in [-0.39, 0.29) is 23.0 Å². The lowest BCUT2D eigenvalue weighted by Gasteiger charge is -2.15. The van der Waals surface area contributed by atoms with Crippen LogP contribution in [0.2, 0.25) is 0 Å². The number of nitrogens with zero attached hydrogens (tertiary/aromatic N) is 1. The Kier molecular flexibility index (Phi) is 5.49. The first kappa shape index (κ1) is 15.9. The molecule has 1 atom stereocenters. The molecule has 1 amide bonds. The van der Waals surface area contributed by atoms with E-state index in [1.54, 1.807) is 0 Å². The van der Waals surface area contributed by atoms with E-state index >= 15 is 0 Å². The van der Waals surface area contributed by atoms with Crippen LogP contribution >= 0.6 is 0 Å². The number of aromatic hydroxyl groups is 1. The van der Waals surface area contributed by atoms with Gasteiger partial charge in [-0.05, 0) is 37.8 Å². The first-order valence-electron chi connectivity index (χ1n) is 6.59. The lowest BCUT2D eigenvalue weighted by molar-refractivity contribution is -0.385. The summed E-state index contributed by atoms with van der Waals surface area (Å²) >= 11 is 0. The minimum absolute atomic E-state index is 0.0770. The van der Waals surface area contributed by atoms with Gasteiger partial charge in [-0.25, -0.2) is 0 Å². The largest absolute Gasteiger partial charge is 0.508 e. The van der Waals surface area contributed by atoms with E-state index in [2.05, 4.69) is 19.2 Å². The number of phenolic OH excluding ortho intramolecular Hbond substituents is 1. The lowest BCUT2D eigenvalue weighted by atomic mass is 10.0. The molecule has 1 aromatic rings. The number of nitro groups is 1. The molecule has 1 rings (SSSR count). The van der Waals surface area contributed by atoms with Crippen molar-refractivity contribution in [2.45, 2.75) is 39.7 Å². The maximum Gasteiger partial charge on any atom is 0.282 e. The Bertz CT molecular complexity index is 500. The Morgan fingerprint density at radius 2 is 2.00 bits per heavy atom. The van der Waals surface area contributed by atoms with E-state index in [1.807, 2.05) is 6.92 Å². The summed E-state index contributed by atoms with van der Waals surface area (Å²) < 4.78 is 0. The Hall–Kier alpha value is -2.11. The molecule has 0 aliphatic carbocycles. The quantitative estimate of drug-likeness (QED) is 0.619. The van der Waals surface area contributed by atoms with Crippen molar-refractivity contribution in [3.8, 4) is 5.75 Å². The van der Waals surface area contributed by atoms with E-state index in [4.69, 9.17) is 0 Å². The van der Waals surface area contributed by atoms with Gasteiger partial charge in [-0.2, -0.15) is 0 Å². The molecule has 0 radical (unpaired) electrons. The Morgan fingerprint density at radius 1 is 1.35 bits per heavy atom. The van der Waals surface area contributed by atoms with Crippen LogP contribution in [0.25, 0.3) is 0 Å². The first-order chi connectivity index (χ1) is 9.31. The molecule has 0 heterocycles. The SMILES string of the molecule is CC(C)CCC(C)NC(=O)c1cc(O)ccc1[N+](=O)[O-]. The van der Waals surface area contributed by atoms with E-state index in [1.165, 1.54) is 6.07 Å². The predicted molar refractivity (Wildman–Crippen MR) is 75.8 cm³/mol. The van der Waals surface area contributed by atoms with Gasteiger partial charge in [0.1, 0.15) is 11.3 Å². The number of carbonyl (C=O) groups excluding carboxylic acids is 1. The van der Waals surface area contributed by atoms with Gasteiger partial charge in [0.25, 0.3) is 11.6 Å². The molecule has 6 heteroatoms. The Balaban J connectivity index is 2.81. The number of phenols is 1. The van der Waals surface area contributed by atoms with E-state index in [0.29, 0.717) is 5.92 Å². The van der Waals surface area contributed by atoms with Gasteiger partial charge in [-0.1, -0.05) is 13.8 Å². The third-order valence-electron chi connectivity index (χ3n) is 2.98. The molecule has 2 N–H and O–H groups in total. The van der Waals surface area contributed by atoms with Gasteiger partial charge in [-0.3, -0.25) is 14.9 Å². The topological polar surface area (TPSA) is 92.5 Å². The summed E-state index contributed by atoms with van der Waals surface area (Å²) in [6.07, 6.45) is 1.76. The van der Waals surface area contributed by atoms with Crippen molar-refractivity contribution in [3.63, 3.8) is 0 Å². The van der Waals surface area contributed by atoms with Crippen molar-refractivity contribution >= 4 is 11.6 Å². The minimum atomic E-state index is -0.632. The van der Waals surface area contributed by atoms with Crippen LogP contribution < -0.4 is 5.32 Å². The molecule has 0 bridgehead atoms. The van der Waals surface area contributed by atoms with Crippen LogP contribution in [-0.2, 0) is 0 Å². The normalized spacial score (nSPS) is 12.2. The second kappa shape index (κ2) is 6.88. The highest BCUT2D eigenvalue weighted by Gasteiger charge is 2.21. The molecular formula is C14H20N2O4. The lowest BCUT2D eigenvalue weighted by Crippen LogP contribution is -2.33. The smallest absolute Gasteiger partial charge is 0.282 e. The number of nitro benzene ring substituents is 1. The Labute approximate surface area is 118 Å². The third kappa shape index (κ3) is 4.53. The van der Waals surface area contributed by atoms with Crippen LogP contribution in [0.15, 0.2) is 18.2 Å². The van der Waals surface area contributed by atoms with Crippen molar-refractivity contribution < 1.29 is 14.8 Å². The highest BCUT2D eigenvalue weighted by atomic mass is 16.6. The number of rotatable bonds is 6. The Morgan fingerprint density at radius 3 is 2.55 bits per heavy atom. The summed E-state index contributed by atoms with van der Waals surface area (Å²) in [5, 5.41) is 23.0. The molecular weight excluding hydrogens is 260 g/mol. The highest BCUT2D eigenvalue weighted by molar-refractivity contribution is 5.98. The molecule has 0 fully saturated rings. The predicted octanol–water partition coefficient (Wildman–Crippen LogP) is 2.85. The molecule has 20 heavy (non-hydrogen) atoms. The van der Waals surface area contributed by atoms with Gasteiger partial charge in [0.15, 0.2) is 0 Å². The zero-order valence-electron chi connectivity index (χ0n) is 11.9. The van der Waals surface area contributed by atoms with Crippen LogP contribution in [-0.4, -0.2) is 22.0 Å². The number of nitrogens with one attached hydrogen (secondary N) is 1. The molecule has 6 nitrogen and oxygen atoms in total. The summed E-state index contributed by atoms with van der Waals surface area (Å²) in [5.74, 6) is -0.177. The van der Waals surface area contributed by atoms with Gasteiger partial charge in [0, 0.05) is 12.1 Å². The summed E-state index contributed by atoms with van der Waals surface area (Å²) in [6.45, 7) is 6.04. The summed E-state index contributed by atoms with van der Waals surface area (Å²) in [6, 6.07) is 3.36. The number of carbonyl (C=O) groups is 1. The maximum absolute atomic E-state index is 12.1. The monoisotopic (exact) mass is 280 g/mol. The fraction of sp³-hybridized carbons (Fsp3) is 0.500. The molecule has 0 aliphatic rings. The summed E-state index contributed by atoms with van der Waals surface area (Å²) in [5.41, 5.74) is -0.428. The molecule has 0 spiro atoms. The fourth-order valence-electron chi connectivity index (χ4n) is 1.82. The van der Waals surface area contributed by atoms with Gasteiger partial charge in [-0.15, -0.1) is 0 Å². The van der Waals surface area contributed by atoms with Crippen molar-refractivity contribution in [1.29, 1.82) is 0 Å². The zero-order valence-corrected chi connectivity index (χ0v) is 11.9. The zero-order chi connectivity index (χ0) is 15.3. The van der Waals surface area contributed by atoms with E-state index < -0.39 is 10.8 Å². The molecule has 1 unspecified atom stereocenters. The number of amides is 1. The fourth-order valence-corrected chi connectivity index (χ4v) is 1.82. The highest BCUT2D eigenvalue weighted by Crippen LogP contribution is 2.23. The summed E-state index contributed by atoms with van der Waals surface area (Å²) in [4.78, 5) is 22.3.